The summed E-state index contributed by atoms with van der Waals surface area (Å²) < 4.78 is 2.22. The SMILES string of the molecule is CCC(=N)CC(C)n1ccc2cc(C(=O)N3CCN(C(C)C)CC3)ccc21. The molecule has 1 aromatic carbocycles. The van der Waals surface area contributed by atoms with Gasteiger partial charge in [-0.25, -0.2) is 0 Å². The van der Waals surface area contributed by atoms with Crippen molar-refractivity contribution >= 4 is 22.5 Å². The highest BCUT2D eigenvalue weighted by Crippen LogP contribution is 2.24. The molecule has 1 saturated heterocycles. The summed E-state index contributed by atoms with van der Waals surface area (Å²) in [5.74, 6) is 0.133. The number of carbonyl (C=O) groups is 1. The van der Waals surface area contributed by atoms with Gasteiger partial charge >= 0.3 is 0 Å². The zero-order valence-corrected chi connectivity index (χ0v) is 17.0. The van der Waals surface area contributed by atoms with Gasteiger partial charge in [0.15, 0.2) is 0 Å². The maximum atomic E-state index is 12.9. The number of hydrogen-bond acceptors (Lipinski definition) is 3. The molecule has 1 amide bonds. The van der Waals surface area contributed by atoms with Crippen molar-refractivity contribution in [2.45, 2.75) is 52.6 Å². The monoisotopic (exact) mass is 368 g/mol. The van der Waals surface area contributed by atoms with Gasteiger partial charge in [-0.2, -0.15) is 0 Å². The fraction of sp³-hybridized carbons (Fsp3) is 0.545. The highest BCUT2D eigenvalue weighted by molar-refractivity contribution is 5.98. The average molecular weight is 369 g/mol. The lowest BCUT2D eigenvalue weighted by Crippen LogP contribution is -2.50. The van der Waals surface area contributed by atoms with Crippen LogP contribution in [-0.2, 0) is 0 Å². The molecule has 2 aromatic rings. The maximum Gasteiger partial charge on any atom is 0.253 e. The van der Waals surface area contributed by atoms with Gasteiger partial charge in [-0.05, 0) is 51.5 Å². The maximum absolute atomic E-state index is 12.9. The van der Waals surface area contributed by atoms with Gasteiger partial charge in [0.1, 0.15) is 0 Å². The molecule has 3 rings (SSSR count). The first-order chi connectivity index (χ1) is 12.9. The first-order valence-corrected chi connectivity index (χ1v) is 10.1. The summed E-state index contributed by atoms with van der Waals surface area (Å²) in [5, 5.41) is 9.05. The molecule has 1 aromatic heterocycles. The van der Waals surface area contributed by atoms with Crippen LogP contribution in [0.15, 0.2) is 30.5 Å². The molecular weight excluding hydrogens is 336 g/mol. The van der Waals surface area contributed by atoms with Crippen LogP contribution in [0, 0.1) is 5.41 Å². The highest BCUT2D eigenvalue weighted by Gasteiger charge is 2.23. The molecule has 27 heavy (non-hydrogen) atoms. The summed E-state index contributed by atoms with van der Waals surface area (Å²) in [4.78, 5) is 17.3. The lowest BCUT2D eigenvalue weighted by atomic mass is 10.1. The van der Waals surface area contributed by atoms with Gasteiger partial charge in [0.05, 0.1) is 0 Å². The molecule has 1 atom stereocenters. The molecule has 0 spiro atoms. The number of benzene rings is 1. The summed E-state index contributed by atoms with van der Waals surface area (Å²) in [7, 11) is 0. The number of nitrogens with zero attached hydrogens (tertiary/aromatic N) is 3. The Kier molecular flexibility index (Phi) is 6.00. The molecule has 0 bridgehead atoms. The van der Waals surface area contributed by atoms with Gasteiger partial charge in [-0.1, -0.05) is 6.92 Å². The van der Waals surface area contributed by atoms with E-state index in [1.165, 1.54) is 0 Å². The van der Waals surface area contributed by atoms with Crippen LogP contribution in [0.3, 0.4) is 0 Å². The summed E-state index contributed by atoms with van der Waals surface area (Å²) >= 11 is 0. The van der Waals surface area contributed by atoms with Crippen molar-refractivity contribution in [2.24, 2.45) is 0 Å². The van der Waals surface area contributed by atoms with Crippen molar-refractivity contribution in [3.05, 3.63) is 36.0 Å². The lowest BCUT2D eigenvalue weighted by molar-refractivity contribution is 0.0595. The Hall–Kier alpha value is -2.14. The number of rotatable bonds is 6. The quantitative estimate of drug-likeness (QED) is 0.777. The van der Waals surface area contributed by atoms with Crippen LogP contribution in [0.1, 0.15) is 56.9 Å². The molecule has 0 radical (unpaired) electrons. The largest absolute Gasteiger partial charge is 0.344 e. The van der Waals surface area contributed by atoms with Gasteiger partial charge in [0.25, 0.3) is 5.91 Å². The van der Waals surface area contributed by atoms with E-state index < -0.39 is 0 Å². The molecule has 0 saturated carbocycles. The molecule has 1 fully saturated rings. The predicted molar refractivity (Wildman–Crippen MR) is 112 cm³/mol. The van der Waals surface area contributed by atoms with E-state index in [4.69, 9.17) is 5.41 Å². The van der Waals surface area contributed by atoms with Crippen LogP contribution in [0.5, 0.6) is 0 Å². The first-order valence-electron chi connectivity index (χ1n) is 10.1. The van der Waals surface area contributed by atoms with Crippen molar-refractivity contribution in [2.75, 3.05) is 26.2 Å². The number of piperazine rings is 1. The van der Waals surface area contributed by atoms with E-state index in [0.29, 0.717) is 6.04 Å². The Bertz CT molecular complexity index is 815. The fourth-order valence-electron chi connectivity index (χ4n) is 3.90. The number of carbonyl (C=O) groups excluding carboxylic acids is 1. The van der Waals surface area contributed by atoms with Crippen LogP contribution in [0.2, 0.25) is 0 Å². The Morgan fingerprint density at radius 3 is 2.44 bits per heavy atom. The Labute approximate surface area is 162 Å². The van der Waals surface area contributed by atoms with Crippen LogP contribution in [0.25, 0.3) is 10.9 Å². The van der Waals surface area contributed by atoms with E-state index in [9.17, 15) is 4.79 Å². The number of fused-ring (bicyclic) bond motifs is 1. The molecule has 2 heterocycles. The molecule has 146 valence electrons. The van der Waals surface area contributed by atoms with E-state index in [2.05, 4.69) is 48.6 Å². The van der Waals surface area contributed by atoms with Crippen molar-refractivity contribution in [1.29, 1.82) is 5.41 Å². The summed E-state index contributed by atoms with van der Waals surface area (Å²) in [5.41, 5.74) is 2.68. The summed E-state index contributed by atoms with van der Waals surface area (Å²) in [6, 6.07) is 8.89. The molecule has 1 N–H and O–H groups in total. The van der Waals surface area contributed by atoms with Gasteiger partial charge in [0, 0.05) is 73.1 Å². The zero-order chi connectivity index (χ0) is 19.6. The van der Waals surface area contributed by atoms with Crippen LogP contribution in [0.4, 0.5) is 0 Å². The van der Waals surface area contributed by atoms with E-state index >= 15 is 0 Å². The number of nitrogens with one attached hydrogen (secondary N) is 1. The number of amides is 1. The average Bonchev–Trinajstić information content (AvgIpc) is 3.10. The fourth-order valence-corrected chi connectivity index (χ4v) is 3.90. The zero-order valence-electron chi connectivity index (χ0n) is 17.0. The minimum atomic E-state index is 0.133. The molecule has 1 aliphatic rings. The van der Waals surface area contributed by atoms with Crippen molar-refractivity contribution in [3.63, 3.8) is 0 Å². The van der Waals surface area contributed by atoms with Crippen molar-refractivity contribution in [1.82, 2.24) is 14.4 Å². The van der Waals surface area contributed by atoms with Gasteiger partial charge < -0.3 is 14.9 Å². The first kappa shape index (κ1) is 19.6. The Balaban J connectivity index is 1.74. The molecular formula is C22H32N4O. The van der Waals surface area contributed by atoms with Crippen molar-refractivity contribution in [3.8, 4) is 0 Å². The van der Waals surface area contributed by atoms with E-state index in [1.807, 2.05) is 24.0 Å². The standard InChI is InChI=1S/C22H32N4O/c1-5-20(23)14-17(4)26-9-8-18-15-19(6-7-21(18)26)22(27)25-12-10-24(11-13-25)16(2)3/h6-9,15-17,23H,5,10-14H2,1-4H3. The molecule has 0 aliphatic carbocycles. The third-order valence-corrected chi connectivity index (χ3v) is 5.74. The molecule has 1 unspecified atom stereocenters. The Morgan fingerprint density at radius 2 is 1.81 bits per heavy atom. The summed E-state index contributed by atoms with van der Waals surface area (Å²) in [6.07, 6.45) is 3.64. The minimum Gasteiger partial charge on any atom is -0.344 e. The molecule has 1 aliphatic heterocycles. The van der Waals surface area contributed by atoms with Crippen molar-refractivity contribution < 1.29 is 4.79 Å². The summed E-state index contributed by atoms with van der Waals surface area (Å²) in [6.45, 7) is 12.1. The second-order valence-electron chi connectivity index (χ2n) is 7.93. The smallest absolute Gasteiger partial charge is 0.253 e. The highest BCUT2D eigenvalue weighted by atomic mass is 16.2. The third kappa shape index (κ3) is 4.24. The predicted octanol–water partition coefficient (Wildman–Crippen LogP) is 4.19. The van der Waals surface area contributed by atoms with E-state index in [0.717, 1.165) is 61.2 Å². The lowest BCUT2D eigenvalue weighted by Gasteiger charge is -2.37. The second-order valence-corrected chi connectivity index (χ2v) is 7.93. The molecule has 5 heteroatoms. The minimum absolute atomic E-state index is 0.133. The van der Waals surface area contributed by atoms with Crippen LogP contribution < -0.4 is 0 Å². The van der Waals surface area contributed by atoms with Gasteiger partial charge in [-0.15, -0.1) is 0 Å². The molecule has 5 nitrogen and oxygen atoms in total. The van der Waals surface area contributed by atoms with Crippen LogP contribution in [-0.4, -0.2) is 58.2 Å². The van der Waals surface area contributed by atoms with Gasteiger partial charge in [0.2, 0.25) is 0 Å². The normalized spacial score (nSPS) is 16.9. The second kappa shape index (κ2) is 8.26. The topological polar surface area (TPSA) is 52.3 Å². The van der Waals surface area contributed by atoms with E-state index in [-0.39, 0.29) is 11.9 Å². The third-order valence-electron chi connectivity index (χ3n) is 5.74. The Morgan fingerprint density at radius 1 is 1.11 bits per heavy atom. The van der Waals surface area contributed by atoms with Gasteiger partial charge in [-0.3, -0.25) is 9.69 Å². The van der Waals surface area contributed by atoms with Crippen LogP contribution >= 0.6 is 0 Å². The number of hydrogen-bond donors (Lipinski definition) is 1. The van der Waals surface area contributed by atoms with E-state index in [1.54, 1.807) is 0 Å². The number of aromatic nitrogens is 1.